The number of anilines is 1. The van der Waals surface area contributed by atoms with E-state index in [1.54, 1.807) is 0 Å². The maximum Gasteiger partial charge on any atom is 0.119 e. The molecule has 0 saturated heterocycles. The minimum atomic E-state index is 0.585. The van der Waals surface area contributed by atoms with Crippen molar-refractivity contribution < 1.29 is 9.47 Å². The number of rotatable bonds is 8. The van der Waals surface area contributed by atoms with E-state index in [2.05, 4.69) is 49.5 Å². The molecule has 2 aromatic carbocycles. The molecular weight excluding hydrogens is 274 g/mol. The standard InChI is InChI=1S/C19H25NO2/c1-4-21-10-11-22-18-7-5-6-17(13-18)14-20-19-9-8-15(2)12-16(19)3/h5-9,12-13,20H,4,10-11,14H2,1-3H3. The third-order valence-electron chi connectivity index (χ3n) is 3.46. The Bertz CT molecular complexity index is 596. The maximum absolute atomic E-state index is 5.69. The summed E-state index contributed by atoms with van der Waals surface area (Å²) < 4.78 is 11.0. The summed E-state index contributed by atoms with van der Waals surface area (Å²) in [4.78, 5) is 0. The summed E-state index contributed by atoms with van der Waals surface area (Å²) in [6.45, 7) is 8.95. The molecule has 0 aliphatic heterocycles. The lowest BCUT2D eigenvalue weighted by Gasteiger charge is -2.12. The van der Waals surface area contributed by atoms with Crippen LogP contribution in [0.3, 0.4) is 0 Å². The van der Waals surface area contributed by atoms with E-state index in [4.69, 9.17) is 9.47 Å². The van der Waals surface area contributed by atoms with Crippen LogP contribution in [0.5, 0.6) is 5.75 Å². The van der Waals surface area contributed by atoms with Gasteiger partial charge in [0.15, 0.2) is 0 Å². The Morgan fingerprint density at radius 1 is 1.00 bits per heavy atom. The third kappa shape index (κ3) is 5.08. The molecule has 0 aliphatic rings. The molecule has 0 unspecified atom stereocenters. The molecule has 0 saturated carbocycles. The molecule has 118 valence electrons. The highest BCUT2D eigenvalue weighted by molar-refractivity contribution is 5.52. The minimum absolute atomic E-state index is 0.585. The highest BCUT2D eigenvalue weighted by Gasteiger charge is 2.00. The Kier molecular flexibility index (Phi) is 6.28. The molecule has 1 N–H and O–H groups in total. The van der Waals surface area contributed by atoms with Gasteiger partial charge in [-0.3, -0.25) is 0 Å². The van der Waals surface area contributed by atoms with Crippen LogP contribution in [-0.2, 0) is 11.3 Å². The molecule has 2 aromatic rings. The fourth-order valence-electron chi connectivity index (χ4n) is 2.32. The van der Waals surface area contributed by atoms with Crippen molar-refractivity contribution >= 4 is 5.69 Å². The largest absolute Gasteiger partial charge is 0.491 e. The average molecular weight is 299 g/mol. The molecule has 0 heterocycles. The van der Waals surface area contributed by atoms with Crippen molar-refractivity contribution in [3.8, 4) is 5.75 Å². The lowest BCUT2D eigenvalue weighted by Crippen LogP contribution is -2.07. The van der Waals surface area contributed by atoms with E-state index in [1.807, 2.05) is 19.1 Å². The first-order valence-electron chi connectivity index (χ1n) is 7.79. The number of hydrogen-bond acceptors (Lipinski definition) is 3. The summed E-state index contributed by atoms with van der Waals surface area (Å²) in [6, 6.07) is 14.6. The molecular formula is C19H25NO2. The van der Waals surface area contributed by atoms with Gasteiger partial charge in [0, 0.05) is 18.8 Å². The van der Waals surface area contributed by atoms with Crippen LogP contribution in [0.25, 0.3) is 0 Å². The van der Waals surface area contributed by atoms with E-state index in [1.165, 1.54) is 22.4 Å². The Labute approximate surface area is 133 Å². The van der Waals surface area contributed by atoms with Gasteiger partial charge in [0.1, 0.15) is 12.4 Å². The number of benzene rings is 2. The fourth-order valence-corrected chi connectivity index (χ4v) is 2.32. The van der Waals surface area contributed by atoms with Gasteiger partial charge in [0.2, 0.25) is 0 Å². The molecule has 0 bridgehead atoms. The van der Waals surface area contributed by atoms with E-state index in [-0.39, 0.29) is 0 Å². The molecule has 2 rings (SSSR count). The van der Waals surface area contributed by atoms with E-state index in [0.717, 1.165) is 18.9 Å². The van der Waals surface area contributed by atoms with Crippen molar-refractivity contribution in [3.05, 3.63) is 59.2 Å². The summed E-state index contributed by atoms with van der Waals surface area (Å²) >= 11 is 0. The van der Waals surface area contributed by atoms with Crippen LogP contribution in [0.1, 0.15) is 23.6 Å². The Hall–Kier alpha value is -2.00. The second-order valence-corrected chi connectivity index (χ2v) is 5.36. The van der Waals surface area contributed by atoms with E-state index < -0.39 is 0 Å². The molecule has 0 atom stereocenters. The monoisotopic (exact) mass is 299 g/mol. The number of nitrogens with one attached hydrogen (secondary N) is 1. The van der Waals surface area contributed by atoms with Crippen molar-refractivity contribution in [2.24, 2.45) is 0 Å². The second kappa shape index (κ2) is 8.44. The lowest BCUT2D eigenvalue weighted by molar-refractivity contribution is 0.110. The van der Waals surface area contributed by atoms with Crippen LogP contribution < -0.4 is 10.1 Å². The zero-order chi connectivity index (χ0) is 15.8. The molecule has 0 fully saturated rings. The van der Waals surface area contributed by atoms with Gasteiger partial charge >= 0.3 is 0 Å². The summed E-state index contributed by atoms with van der Waals surface area (Å²) in [5.74, 6) is 0.889. The third-order valence-corrected chi connectivity index (χ3v) is 3.46. The van der Waals surface area contributed by atoms with Crippen LogP contribution in [-0.4, -0.2) is 19.8 Å². The summed E-state index contributed by atoms with van der Waals surface area (Å²) in [5, 5.41) is 3.48. The Morgan fingerprint density at radius 2 is 1.86 bits per heavy atom. The van der Waals surface area contributed by atoms with E-state index >= 15 is 0 Å². The second-order valence-electron chi connectivity index (χ2n) is 5.36. The Balaban J connectivity index is 1.89. The molecule has 0 amide bonds. The van der Waals surface area contributed by atoms with Crippen LogP contribution in [0.15, 0.2) is 42.5 Å². The van der Waals surface area contributed by atoms with Crippen molar-refractivity contribution in [1.29, 1.82) is 0 Å². The van der Waals surface area contributed by atoms with Gasteiger partial charge in [-0.1, -0.05) is 29.8 Å². The van der Waals surface area contributed by atoms with Gasteiger partial charge in [0.25, 0.3) is 0 Å². The number of ether oxygens (including phenoxy) is 2. The van der Waals surface area contributed by atoms with Gasteiger partial charge in [-0.2, -0.15) is 0 Å². The van der Waals surface area contributed by atoms with E-state index in [0.29, 0.717) is 13.2 Å². The number of aryl methyl sites for hydroxylation is 2. The van der Waals surface area contributed by atoms with Crippen molar-refractivity contribution in [1.82, 2.24) is 0 Å². The van der Waals surface area contributed by atoms with Gasteiger partial charge in [0.05, 0.1) is 6.61 Å². The van der Waals surface area contributed by atoms with Crippen LogP contribution in [0.2, 0.25) is 0 Å². The number of hydrogen-bond donors (Lipinski definition) is 1. The maximum atomic E-state index is 5.69. The fraction of sp³-hybridized carbons (Fsp3) is 0.368. The molecule has 0 aliphatic carbocycles. The normalized spacial score (nSPS) is 10.5. The molecule has 0 radical (unpaired) electrons. The quantitative estimate of drug-likeness (QED) is 0.736. The zero-order valence-corrected chi connectivity index (χ0v) is 13.7. The highest BCUT2D eigenvalue weighted by atomic mass is 16.5. The summed E-state index contributed by atoms with van der Waals surface area (Å²) in [6.07, 6.45) is 0. The first-order chi connectivity index (χ1) is 10.7. The first kappa shape index (κ1) is 16.4. The minimum Gasteiger partial charge on any atom is -0.491 e. The summed E-state index contributed by atoms with van der Waals surface area (Å²) in [7, 11) is 0. The van der Waals surface area contributed by atoms with Gasteiger partial charge < -0.3 is 14.8 Å². The van der Waals surface area contributed by atoms with Gasteiger partial charge in [-0.25, -0.2) is 0 Å². The molecule has 3 heteroatoms. The SMILES string of the molecule is CCOCCOc1cccc(CNc2ccc(C)cc2C)c1. The average Bonchev–Trinajstić information content (AvgIpc) is 2.51. The zero-order valence-electron chi connectivity index (χ0n) is 13.7. The molecule has 0 spiro atoms. The van der Waals surface area contributed by atoms with E-state index in [9.17, 15) is 0 Å². The molecule has 22 heavy (non-hydrogen) atoms. The predicted molar refractivity (Wildman–Crippen MR) is 91.7 cm³/mol. The van der Waals surface area contributed by atoms with Crippen LogP contribution in [0.4, 0.5) is 5.69 Å². The van der Waals surface area contributed by atoms with Crippen LogP contribution >= 0.6 is 0 Å². The van der Waals surface area contributed by atoms with Crippen LogP contribution in [0, 0.1) is 13.8 Å². The predicted octanol–water partition coefficient (Wildman–Crippen LogP) is 4.33. The topological polar surface area (TPSA) is 30.5 Å². The van der Waals surface area contributed by atoms with Gasteiger partial charge in [-0.15, -0.1) is 0 Å². The first-order valence-corrected chi connectivity index (χ1v) is 7.79. The highest BCUT2D eigenvalue weighted by Crippen LogP contribution is 2.18. The molecule has 3 nitrogen and oxygen atoms in total. The summed E-state index contributed by atoms with van der Waals surface area (Å²) in [5.41, 5.74) is 4.93. The smallest absolute Gasteiger partial charge is 0.119 e. The van der Waals surface area contributed by atoms with Crippen molar-refractivity contribution in [3.63, 3.8) is 0 Å². The Morgan fingerprint density at radius 3 is 2.64 bits per heavy atom. The van der Waals surface area contributed by atoms with Crippen molar-refractivity contribution in [2.75, 3.05) is 25.1 Å². The van der Waals surface area contributed by atoms with Gasteiger partial charge in [-0.05, 0) is 50.1 Å². The molecule has 0 aromatic heterocycles. The lowest BCUT2D eigenvalue weighted by atomic mass is 10.1. The van der Waals surface area contributed by atoms with Crippen molar-refractivity contribution in [2.45, 2.75) is 27.3 Å².